The van der Waals surface area contributed by atoms with Gasteiger partial charge in [0.15, 0.2) is 6.10 Å². The number of hydrogen-bond acceptors (Lipinski definition) is 14. The van der Waals surface area contributed by atoms with E-state index in [0.717, 1.165) is 180 Å². The van der Waals surface area contributed by atoms with Crippen molar-refractivity contribution in [3.05, 3.63) is 158 Å². The van der Waals surface area contributed by atoms with Crippen molar-refractivity contribution in [3.63, 3.8) is 0 Å². The van der Waals surface area contributed by atoms with E-state index in [0.29, 0.717) is 19.3 Å². The van der Waals surface area contributed by atoms with E-state index in [9.17, 15) is 43.5 Å². The van der Waals surface area contributed by atoms with Gasteiger partial charge in [-0.25, -0.2) is 9.13 Å². The van der Waals surface area contributed by atoms with E-state index >= 15 is 0 Å². The molecule has 0 aromatic heterocycles. The molecule has 0 amide bonds. The Hall–Kier alpha value is -4.83. The van der Waals surface area contributed by atoms with Crippen LogP contribution in [0.4, 0.5) is 0 Å². The minimum Gasteiger partial charge on any atom is -0.463 e. The summed E-state index contributed by atoms with van der Waals surface area (Å²) in [4.78, 5) is 58.7. The molecule has 0 radical (unpaired) electrons. The number of allylic oxidation sites excluding steroid dienone is 26. The summed E-state index contributed by atoms with van der Waals surface area (Å²) in [6.07, 6.45) is 95.6. The summed E-state index contributed by atoms with van der Waals surface area (Å²) in [5.74, 6) is -1.62. The Balaban J connectivity index is 4.66. The van der Waals surface area contributed by atoms with Crippen LogP contribution in [0.2, 0.25) is 0 Å². The highest BCUT2D eigenvalue weighted by molar-refractivity contribution is 7.47. The summed E-state index contributed by atoms with van der Waals surface area (Å²) >= 11 is 0. The standard InChI is InChI=1S/C85H142O16P2/c1-4-7-10-13-16-19-22-25-28-31-34-36-37-38-39-40-41-43-46-47-50-53-56-59-62-65-68-71-83(88)95-74-80(86)75-97-102(91,92)98-76-81(87)77-99-103(93,94)100-79-82(101-85(90)73-70-67-64-61-58-55-52-49-44-33-30-27-24-21-18-15-12-9-6-3)78-96-84(89)72-69-66-63-60-57-54-51-48-45-42-35-32-29-26-23-20-17-14-11-8-5-2/h7-8,10-11,16-21,25-30,34-36,38-39,42,44,48-49,51,80-82,86-87H,4-6,9,12-15,22-24,31-33,37,40-41,43,45-47,50,52-79H2,1-3H3,(H,91,92)(H,93,94)/b10-7-,11-8-,19-16-,20-17-,21-18-,28-25-,29-26-,30-27-,36-34-,39-38-,42-35-,49-44-,51-48-. The van der Waals surface area contributed by atoms with Crippen molar-refractivity contribution >= 4 is 33.6 Å². The number of phosphoric acid groups is 2. The first-order valence-electron chi connectivity index (χ1n) is 39.8. The maximum atomic E-state index is 13.0. The van der Waals surface area contributed by atoms with E-state index in [2.05, 4.69) is 179 Å². The predicted octanol–water partition coefficient (Wildman–Crippen LogP) is 23.4. The summed E-state index contributed by atoms with van der Waals surface area (Å²) < 4.78 is 61.2. The summed E-state index contributed by atoms with van der Waals surface area (Å²) in [5.41, 5.74) is 0. The van der Waals surface area contributed by atoms with Crippen molar-refractivity contribution in [1.29, 1.82) is 0 Å². The Bertz CT molecular complexity index is 2500. The third kappa shape index (κ3) is 78.1. The minimum absolute atomic E-state index is 0.0805. The van der Waals surface area contributed by atoms with Gasteiger partial charge in [-0.15, -0.1) is 0 Å². The maximum absolute atomic E-state index is 13.0. The largest absolute Gasteiger partial charge is 0.472 e. The zero-order valence-electron chi connectivity index (χ0n) is 64.2. The second-order valence-corrected chi connectivity index (χ2v) is 29.0. The maximum Gasteiger partial charge on any atom is 0.472 e. The number of carbonyl (C=O) groups is 3. The molecule has 588 valence electrons. The second-order valence-electron chi connectivity index (χ2n) is 26.1. The number of hydrogen-bond donors (Lipinski definition) is 4. The molecule has 0 bridgehead atoms. The Labute approximate surface area is 625 Å². The Morgan fingerprint density at radius 1 is 0.282 bits per heavy atom. The first-order chi connectivity index (χ1) is 50.2. The van der Waals surface area contributed by atoms with Gasteiger partial charge in [-0.05, 0) is 148 Å². The van der Waals surface area contributed by atoms with E-state index in [1.54, 1.807) is 0 Å². The lowest BCUT2D eigenvalue weighted by Crippen LogP contribution is -2.30. The molecule has 0 spiro atoms. The first kappa shape index (κ1) is 98.2. The SMILES string of the molecule is CC/C=C\C/C=C\C/C=C\C/C=C\C/C=C\CCCCCCCCCCCCCC(=O)OCC(O)COP(=O)(O)OCC(O)COP(=O)(O)OCC(COC(=O)CCCCCCC/C=C\C/C=C\C/C=C\C/C=C\C/C=C\CC)OC(=O)CCCCCCCC/C=C\C/C=C\C/C=C\CCCCC. The average molecular weight is 1480 g/mol. The molecule has 5 atom stereocenters. The number of phosphoric ester groups is 2. The van der Waals surface area contributed by atoms with Gasteiger partial charge in [0.2, 0.25) is 0 Å². The lowest BCUT2D eigenvalue weighted by molar-refractivity contribution is -0.161. The molecule has 4 N–H and O–H groups in total. The Morgan fingerprint density at radius 3 is 0.816 bits per heavy atom. The molecular formula is C85H142O16P2. The quantitative estimate of drug-likeness (QED) is 0.0146. The van der Waals surface area contributed by atoms with Crippen LogP contribution in [-0.4, -0.2) is 95.9 Å². The Morgan fingerprint density at radius 2 is 0.515 bits per heavy atom. The van der Waals surface area contributed by atoms with Crippen LogP contribution in [0.3, 0.4) is 0 Å². The van der Waals surface area contributed by atoms with E-state index in [1.165, 1.54) is 64.2 Å². The van der Waals surface area contributed by atoms with Gasteiger partial charge in [0.05, 0.1) is 26.4 Å². The van der Waals surface area contributed by atoms with Gasteiger partial charge in [-0.3, -0.25) is 32.5 Å². The van der Waals surface area contributed by atoms with Gasteiger partial charge in [0, 0.05) is 19.3 Å². The number of rotatable bonds is 74. The molecule has 0 fully saturated rings. The highest BCUT2D eigenvalue weighted by atomic mass is 31.2. The van der Waals surface area contributed by atoms with Crippen molar-refractivity contribution in [2.24, 2.45) is 0 Å². The fraction of sp³-hybridized carbons (Fsp3) is 0.659. The van der Waals surface area contributed by atoms with Crippen LogP contribution in [-0.2, 0) is 55.8 Å². The number of esters is 3. The molecule has 103 heavy (non-hydrogen) atoms. The smallest absolute Gasteiger partial charge is 0.463 e. The van der Waals surface area contributed by atoms with Gasteiger partial charge in [-0.2, -0.15) is 0 Å². The summed E-state index contributed by atoms with van der Waals surface area (Å²) in [7, 11) is -9.81. The van der Waals surface area contributed by atoms with Crippen LogP contribution in [0.15, 0.2) is 158 Å². The highest BCUT2D eigenvalue weighted by Crippen LogP contribution is 2.45. The van der Waals surface area contributed by atoms with Crippen molar-refractivity contribution in [3.8, 4) is 0 Å². The molecule has 0 aromatic rings. The molecule has 0 aliphatic rings. The third-order valence-electron chi connectivity index (χ3n) is 16.2. The number of aliphatic hydroxyl groups excluding tert-OH is 2. The summed E-state index contributed by atoms with van der Waals surface area (Å²) in [6, 6.07) is 0. The van der Waals surface area contributed by atoms with Crippen LogP contribution in [0, 0.1) is 0 Å². The monoisotopic (exact) mass is 1480 g/mol. The normalized spacial score (nSPS) is 14.8. The Kier molecular flexibility index (Phi) is 73.2. The molecule has 0 saturated heterocycles. The molecule has 0 saturated carbocycles. The highest BCUT2D eigenvalue weighted by Gasteiger charge is 2.29. The van der Waals surface area contributed by atoms with Crippen molar-refractivity contribution in [1.82, 2.24) is 0 Å². The molecule has 0 aliphatic heterocycles. The van der Waals surface area contributed by atoms with Gasteiger partial charge >= 0.3 is 33.6 Å². The van der Waals surface area contributed by atoms with Crippen LogP contribution in [0.1, 0.15) is 303 Å². The molecular weight excluding hydrogens is 1340 g/mol. The first-order valence-corrected chi connectivity index (χ1v) is 42.8. The molecule has 0 aliphatic carbocycles. The number of unbranched alkanes of at least 4 members (excludes halogenated alkanes) is 25. The van der Waals surface area contributed by atoms with Crippen molar-refractivity contribution in [2.45, 2.75) is 322 Å². The van der Waals surface area contributed by atoms with E-state index in [1.807, 2.05) is 0 Å². The zero-order chi connectivity index (χ0) is 75.2. The second kappa shape index (κ2) is 76.8. The molecule has 18 heteroatoms. The zero-order valence-corrected chi connectivity index (χ0v) is 66.0. The van der Waals surface area contributed by atoms with Crippen LogP contribution in [0.5, 0.6) is 0 Å². The van der Waals surface area contributed by atoms with E-state index < -0.39 is 91.5 Å². The van der Waals surface area contributed by atoms with Crippen LogP contribution >= 0.6 is 15.6 Å². The number of ether oxygens (including phenoxy) is 3. The fourth-order valence-corrected chi connectivity index (χ4v) is 11.8. The predicted molar refractivity (Wildman–Crippen MR) is 426 cm³/mol. The van der Waals surface area contributed by atoms with Gasteiger partial charge in [0.25, 0.3) is 0 Å². The van der Waals surface area contributed by atoms with Crippen LogP contribution in [0.25, 0.3) is 0 Å². The summed E-state index contributed by atoms with van der Waals surface area (Å²) in [5, 5.41) is 20.7. The van der Waals surface area contributed by atoms with Crippen LogP contribution < -0.4 is 0 Å². The molecule has 0 rings (SSSR count). The topological polar surface area (TPSA) is 231 Å². The van der Waals surface area contributed by atoms with Crippen molar-refractivity contribution < 1.29 is 75.8 Å². The molecule has 16 nitrogen and oxygen atoms in total. The van der Waals surface area contributed by atoms with E-state index in [4.69, 9.17) is 32.3 Å². The third-order valence-corrected chi connectivity index (χ3v) is 18.1. The van der Waals surface area contributed by atoms with Gasteiger partial charge in [-0.1, -0.05) is 294 Å². The number of carbonyl (C=O) groups excluding carboxylic acids is 3. The van der Waals surface area contributed by atoms with Gasteiger partial charge < -0.3 is 34.2 Å². The van der Waals surface area contributed by atoms with Crippen molar-refractivity contribution in [2.75, 3.05) is 39.6 Å². The lowest BCUT2D eigenvalue weighted by Gasteiger charge is -2.21. The molecule has 5 unspecified atom stereocenters. The van der Waals surface area contributed by atoms with Gasteiger partial charge in [0.1, 0.15) is 25.4 Å². The van der Waals surface area contributed by atoms with E-state index in [-0.39, 0.29) is 19.3 Å². The molecule has 0 aromatic carbocycles. The summed E-state index contributed by atoms with van der Waals surface area (Å²) in [6.45, 7) is 2.39. The average Bonchev–Trinajstić information content (AvgIpc) is 0.923. The molecule has 0 heterocycles. The lowest BCUT2D eigenvalue weighted by atomic mass is 10.0. The minimum atomic E-state index is -4.95. The fourth-order valence-electron chi connectivity index (χ4n) is 10.2. The number of aliphatic hydroxyl groups is 2.